The van der Waals surface area contributed by atoms with Crippen LogP contribution in [0, 0.1) is 0 Å². The van der Waals surface area contributed by atoms with Gasteiger partial charge in [-0.05, 0) is 13.3 Å². The van der Waals surface area contributed by atoms with Crippen LogP contribution in [-0.2, 0) is 19.2 Å². The molecule has 1 aliphatic heterocycles. The summed E-state index contributed by atoms with van der Waals surface area (Å²) < 4.78 is 0. The summed E-state index contributed by atoms with van der Waals surface area (Å²) in [6.45, 7) is 0.373. The van der Waals surface area contributed by atoms with Crippen LogP contribution >= 0.6 is 0 Å². The molecular formula is C13H22N4O7. The minimum Gasteiger partial charge on any atom is -0.480 e. The molecule has 1 saturated heterocycles. The van der Waals surface area contributed by atoms with Crippen molar-refractivity contribution in [3.8, 4) is 0 Å². The summed E-state index contributed by atoms with van der Waals surface area (Å²) >= 11 is 0. The molecule has 1 aliphatic rings. The minimum absolute atomic E-state index is 0.238. The lowest BCUT2D eigenvalue weighted by Gasteiger charge is -2.18. The van der Waals surface area contributed by atoms with Crippen molar-refractivity contribution >= 4 is 23.7 Å². The van der Waals surface area contributed by atoms with Crippen molar-refractivity contribution in [1.82, 2.24) is 21.3 Å². The third kappa shape index (κ3) is 6.10. The summed E-state index contributed by atoms with van der Waals surface area (Å²) in [7, 11) is 0. The number of carbonyl (C=O) groups excluding carboxylic acids is 3. The van der Waals surface area contributed by atoms with E-state index < -0.39 is 61.1 Å². The maximum absolute atomic E-state index is 11.7. The Labute approximate surface area is 137 Å². The smallest absolute Gasteiger partial charge is 0.325 e. The van der Waals surface area contributed by atoms with E-state index in [4.69, 9.17) is 10.2 Å². The quantitative estimate of drug-likeness (QED) is 0.232. The van der Waals surface area contributed by atoms with Crippen LogP contribution in [-0.4, -0.2) is 82.9 Å². The molecule has 0 radical (unpaired) electrons. The van der Waals surface area contributed by atoms with Crippen molar-refractivity contribution in [1.29, 1.82) is 0 Å². The van der Waals surface area contributed by atoms with Gasteiger partial charge in [-0.25, -0.2) is 0 Å². The van der Waals surface area contributed by atoms with Crippen LogP contribution in [0.25, 0.3) is 0 Å². The SMILES string of the molecule is C[C@H](NC(=O)[C@H](CO)NC(=O)CNC(=O)[C@@H]1C[C@@H](O)CN1)C(=O)O. The first-order chi connectivity index (χ1) is 11.2. The Balaban J connectivity index is 2.39. The molecule has 0 unspecified atom stereocenters. The van der Waals surface area contributed by atoms with Crippen LogP contribution in [0.15, 0.2) is 0 Å². The fourth-order valence-corrected chi connectivity index (χ4v) is 2.02. The van der Waals surface area contributed by atoms with Gasteiger partial charge in [0, 0.05) is 6.54 Å². The van der Waals surface area contributed by atoms with Gasteiger partial charge < -0.3 is 36.6 Å². The first kappa shape index (κ1) is 19.8. The topological polar surface area (TPSA) is 177 Å². The highest BCUT2D eigenvalue weighted by Gasteiger charge is 2.28. The number of carboxylic acid groups (broad SMARTS) is 1. The average Bonchev–Trinajstić information content (AvgIpc) is 2.96. The number of hydrogen-bond donors (Lipinski definition) is 7. The summed E-state index contributed by atoms with van der Waals surface area (Å²) in [4.78, 5) is 45.9. The monoisotopic (exact) mass is 346 g/mol. The molecular weight excluding hydrogens is 324 g/mol. The number of aliphatic hydroxyl groups excluding tert-OH is 2. The predicted octanol–water partition coefficient (Wildman–Crippen LogP) is -4.11. The van der Waals surface area contributed by atoms with Crippen molar-refractivity contribution in [2.24, 2.45) is 0 Å². The highest BCUT2D eigenvalue weighted by atomic mass is 16.4. The molecule has 1 rings (SSSR count). The average molecular weight is 346 g/mol. The highest BCUT2D eigenvalue weighted by Crippen LogP contribution is 2.05. The maximum Gasteiger partial charge on any atom is 0.325 e. The minimum atomic E-state index is -1.33. The number of amides is 3. The van der Waals surface area contributed by atoms with E-state index in [1.165, 1.54) is 6.92 Å². The normalized spacial score (nSPS) is 22.3. The third-order valence-electron chi connectivity index (χ3n) is 3.41. The van der Waals surface area contributed by atoms with Gasteiger partial charge in [0.05, 0.1) is 25.3 Å². The van der Waals surface area contributed by atoms with E-state index >= 15 is 0 Å². The first-order valence-corrected chi connectivity index (χ1v) is 7.37. The standard InChI is InChI=1S/C13H22N4O7/c1-6(13(23)24)16-12(22)9(5-18)17-10(20)4-15-11(21)8-2-7(19)3-14-8/h6-9,14,18-19H,2-5H2,1H3,(H,15,21)(H,16,22)(H,17,20)(H,23,24)/t6-,7+,8-,9-/m0/s1. The molecule has 0 aliphatic carbocycles. The Morgan fingerprint density at radius 3 is 2.42 bits per heavy atom. The zero-order valence-electron chi connectivity index (χ0n) is 13.1. The highest BCUT2D eigenvalue weighted by molar-refractivity contribution is 5.92. The molecule has 7 N–H and O–H groups in total. The van der Waals surface area contributed by atoms with Crippen LogP contribution in [0.2, 0.25) is 0 Å². The number of hydrogen-bond acceptors (Lipinski definition) is 7. The van der Waals surface area contributed by atoms with Crippen LogP contribution in [0.1, 0.15) is 13.3 Å². The van der Waals surface area contributed by atoms with Gasteiger partial charge in [-0.3, -0.25) is 19.2 Å². The van der Waals surface area contributed by atoms with E-state index in [-0.39, 0.29) is 6.42 Å². The second-order valence-corrected chi connectivity index (χ2v) is 5.44. The number of carbonyl (C=O) groups is 4. The fourth-order valence-electron chi connectivity index (χ4n) is 2.02. The lowest BCUT2D eigenvalue weighted by molar-refractivity contribution is -0.142. The second kappa shape index (κ2) is 9.15. The lowest BCUT2D eigenvalue weighted by Crippen LogP contribution is -2.54. The Kier molecular flexibility index (Phi) is 7.55. The molecule has 0 bridgehead atoms. The number of aliphatic carboxylic acids is 1. The molecule has 0 aromatic carbocycles. The number of nitrogens with one attached hydrogen (secondary N) is 4. The fraction of sp³-hybridized carbons (Fsp3) is 0.692. The molecule has 1 fully saturated rings. The second-order valence-electron chi connectivity index (χ2n) is 5.44. The Bertz CT molecular complexity index is 499. The van der Waals surface area contributed by atoms with Gasteiger partial charge in [0.1, 0.15) is 12.1 Å². The largest absolute Gasteiger partial charge is 0.480 e. The van der Waals surface area contributed by atoms with Crippen molar-refractivity contribution in [2.45, 2.75) is 37.6 Å². The van der Waals surface area contributed by atoms with Gasteiger partial charge in [0.25, 0.3) is 0 Å². The van der Waals surface area contributed by atoms with Gasteiger partial charge in [-0.1, -0.05) is 0 Å². The molecule has 11 nitrogen and oxygen atoms in total. The van der Waals surface area contributed by atoms with Gasteiger partial charge in [-0.2, -0.15) is 0 Å². The maximum atomic E-state index is 11.7. The molecule has 4 atom stereocenters. The molecule has 11 heteroatoms. The Morgan fingerprint density at radius 2 is 1.92 bits per heavy atom. The Morgan fingerprint density at radius 1 is 1.25 bits per heavy atom. The van der Waals surface area contributed by atoms with E-state index in [2.05, 4.69) is 21.3 Å². The molecule has 1 heterocycles. The van der Waals surface area contributed by atoms with E-state index in [0.717, 1.165) is 0 Å². The molecule has 0 spiro atoms. The van der Waals surface area contributed by atoms with Gasteiger partial charge >= 0.3 is 5.97 Å². The molecule has 0 aromatic heterocycles. The zero-order valence-corrected chi connectivity index (χ0v) is 13.1. The van der Waals surface area contributed by atoms with Crippen molar-refractivity contribution in [3.05, 3.63) is 0 Å². The molecule has 3 amide bonds. The van der Waals surface area contributed by atoms with E-state index in [0.29, 0.717) is 6.54 Å². The number of carboxylic acids is 1. The van der Waals surface area contributed by atoms with Gasteiger partial charge in [0.15, 0.2) is 0 Å². The molecule has 0 aromatic rings. The first-order valence-electron chi connectivity index (χ1n) is 7.37. The van der Waals surface area contributed by atoms with Crippen LogP contribution in [0.4, 0.5) is 0 Å². The summed E-state index contributed by atoms with van der Waals surface area (Å²) in [5.74, 6) is -3.30. The summed E-state index contributed by atoms with van der Waals surface area (Å²) in [6, 6.07) is -3.10. The van der Waals surface area contributed by atoms with Gasteiger partial charge in [-0.15, -0.1) is 0 Å². The number of aliphatic hydroxyl groups is 2. The molecule has 24 heavy (non-hydrogen) atoms. The van der Waals surface area contributed by atoms with Crippen LogP contribution < -0.4 is 21.3 Å². The van der Waals surface area contributed by atoms with Crippen molar-refractivity contribution < 1.29 is 34.5 Å². The molecule has 136 valence electrons. The third-order valence-corrected chi connectivity index (χ3v) is 3.41. The predicted molar refractivity (Wildman–Crippen MR) is 79.7 cm³/mol. The van der Waals surface area contributed by atoms with Crippen molar-refractivity contribution in [2.75, 3.05) is 19.7 Å². The van der Waals surface area contributed by atoms with E-state index in [9.17, 15) is 24.3 Å². The lowest BCUT2D eigenvalue weighted by atomic mass is 10.2. The van der Waals surface area contributed by atoms with Crippen molar-refractivity contribution in [3.63, 3.8) is 0 Å². The summed E-state index contributed by atoms with van der Waals surface area (Å²) in [5.41, 5.74) is 0. The van der Waals surface area contributed by atoms with Crippen LogP contribution in [0.5, 0.6) is 0 Å². The van der Waals surface area contributed by atoms with E-state index in [1.807, 2.05) is 0 Å². The summed E-state index contributed by atoms with van der Waals surface area (Å²) in [5, 5.41) is 36.6. The number of rotatable bonds is 8. The number of β-amino-alcohol motifs (C(OH)–C–C–N with tert-alkyl or cyclic N) is 1. The van der Waals surface area contributed by atoms with E-state index in [1.54, 1.807) is 0 Å². The molecule has 0 saturated carbocycles. The zero-order chi connectivity index (χ0) is 18.3. The van der Waals surface area contributed by atoms with Crippen LogP contribution in [0.3, 0.4) is 0 Å². The summed E-state index contributed by atoms with van der Waals surface area (Å²) in [6.07, 6.45) is -0.379. The van der Waals surface area contributed by atoms with Gasteiger partial charge in [0.2, 0.25) is 17.7 Å². The Hall–Kier alpha value is -2.24.